The molecule has 0 aliphatic carbocycles. The number of likely N-dealkylation sites (N-methyl/N-ethyl adjacent to an activating group) is 1. The fourth-order valence-corrected chi connectivity index (χ4v) is 5.82. The second-order valence-electron chi connectivity index (χ2n) is 10.7. The van der Waals surface area contributed by atoms with Gasteiger partial charge in [-0.3, -0.25) is 9.59 Å². The Bertz CT molecular complexity index is 1250. The highest BCUT2D eigenvalue weighted by molar-refractivity contribution is 5.96. The number of aromatic hydroxyl groups is 1. The third-order valence-corrected chi connectivity index (χ3v) is 8.11. The summed E-state index contributed by atoms with van der Waals surface area (Å²) in [4.78, 5) is 38.8. The van der Waals surface area contributed by atoms with Crippen molar-refractivity contribution in [2.24, 2.45) is 0 Å². The number of amides is 2. The van der Waals surface area contributed by atoms with E-state index in [0.29, 0.717) is 56.8 Å². The average Bonchev–Trinajstić information content (AvgIpc) is 3.53. The van der Waals surface area contributed by atoms with Gasteiger partial charge in [-0.25, -0.2) is 4.98 Å². The Hall–Kier alpha value is -3.59. The number of hydrogen-bond donors (Lipinski definition) is 1. The highest BCUT2D eigenvalue weighted by atomic mass is 16.5. The molecule has 1 aromatic carbocycles. The number of benzene rings is 1. The van der Waals surface area contributed by atoms with Crippen molar-refractivity contribution in [2.75, 3.05) is 44.7 Å². The largest absolute Gasteiger partial charge is 0.508 e. The number of phenols is 1. The van der Waals surface area contributed by atoms with E-state index < -0.39 is 0 Å². The van der Waals surface area contributed by atoms with E-state index in [4.69, 9.17) is 9.72 Å². The zero-order chi connectivity index (χ0) is 27.0. The standard InChI is InChI=1S/C29H37N5O4/c1-5-28(36)32-11-12-34(20(3)15-32)26-14-27(38-18-21-7-6-10-31(21)4)30-25-17-33(16-24(25)26)29(37)23-13-22(35)9-8-19(23)2/h5,8-9,13-14,20-21,35H,1,6-7,10-12,15-18H2,2-4H3/t20-,21-/m0/s1. The van der Waals surface area contributed by atoms with Crippen LogP contribution in [0.4, 0.5) is 5.69 Å². The number of ether oxygens (including phenoxy) is 1. The van der Waals surface area contributed by atoms with Crippen molar-refractivity contribution < 1.29 is 19.4 Å². The van der Waals surface area contributed by atoms with Crippen molar-refractivity contribution in [2.45, 2.75) is 51.9 Å². The van der Waals surface area contributed by atoms with E-state index in [1.165, 1.54) is 18.6 Å². The van der Waals surface area contributed by atoms with Crippen molar-refractivity contribution >= 4 is 17.5 Å². The molecule has 0 bridgehead atoms. The quantitative estimate of drug-likeness (QED) is 0.587. The zero-order valence-electron chi connectivity index (χ0n) is 22.5. The molecule has 0 spiro atoms. The van der Waals surface area contributed by atoms with Gasteiger partial charge in [0, 0.05) is 54.6 Å². The molecule has 4 heterocycles. The number of aromatic nitrogens is 1. The van der Waals surface area contributed by atoms with Crippen molar-refractivity contribution in [3.05, 3.63) is 59.3 Å². The molecule has 5 rings (SSSR count). The summed E-state index contributed by atoms with van der Waals surface area (Å²) in [5.41, 5.74) is 4.16. The highest BCUT2D eigenvalue weighted by Gasteiger charge is 2.34. The summed E-state index contributed by atoms with van der Waals surface area (Å²) in [5.74, 6) is 0.452. The number of aryl methyl sites for hydroxylation is 1. The van der Waals surface area contributed by atoms with Gasteiger partial charge in [0.05, 0.1) is 18.8 Å². The molecule has 0 saturated carbocycles. The predicted molar refractivity (Wildman–Crippen MR) is 145 cm³/mol. The molecule has 9 nitrogen and oxygen atoms in total. The van der Waals surface area contributed by atoms with Gasteiger partial charge in [-0.2, -0.15) is 0 Å². The summed E-state index contributed by atoms with van der Waals surface area (Å²) in [6, 6.07) is 7.32. The molecule has 2 saturated heterocycles. The molecular formula is C29H37N5O4. The van der Waals surface area contributed by atoms with Crippen LogP contribution in [0.1, 0.15) is 46.9 Å². The van der Waals surface area contributed by atoms with E-state index in [9.17, 15) is 14.7 Å². The number of carbonyl (C=O) groups is 2. The van der Waals surface area contributed by atoms with Gasteiger partial charge in [0.25, 0.3) is 5.91 Å². The Kier molecular flexibility index (Phi) is 7.29. The number of hydrogen-bond acceptors (Lipinski definition) is 7. The average molecular weight is 520 g/mol. The summed E-state index contributed by atoms with van der Waals surface area (Å²) >= 11 is 0. The molecule has 1 N–H and O–H groups in total. The van der Waals surface area contributed by atoms with E-state index >= 15 is 0 Å². The van der Waals surface area contributed by atoms with Crippen LogP contribution in [0.2, 0.25) is 0 Å². The summed E-state index contributed by atoms with van der Waals surface area (Å²) in [5, 5.41) is 9.98. The van der Waals surface area contributed by atoms with Crippen molar-refractivity contribution in [3.8, 4) is 11.6 Å². The lowest BCUT2D eigenvalue weighted by atomic mass is 10.1. The molecule has 2 aromatic rings. The Labute approximate surface area is 224 Å². The third kappa shape index (κ3) is 5.07. The third-order valence-electron chi connectivity index (χ3n) is 8.11. The van der Waals surface area contributed by atoms with Crippen LogP contribution >= 0.6 is 0 Å². The minimum absolute atomic E-state index is 0.0561. The SMILES string of the molecule is C=CC(=O)N1CCN(c2cc(OC[C@@H]3CCCN3C)nc3c2CN(C(=O)c2cc(O)ccc2C)C3)[C@@H](C)C1. The predicted octanol–water partition coefficient (Wildman–Crippen LogP) is 2.95. The van der Waals surface area contributed by atoms with E-state index in [1.807, 2.05) is 17.9 Å². The minimum Gasteiger partial charge on any atom is -0.508 e. The summed E-state index contributed by atoms with van der Waals surface area (Å²) in [6.07, 6.45) is 3.64. The molecule has 0 unspecified atom stereocenters. The molecule has 3 aliphatic rings. The van der Waals surface area contributed by atoms with E-state index in [2.05, 4.69) is 30.4 Å². The first-order chi connectivity index (χ1) is 18.2. The maximum atomic E-state index is 13.5. The van der Waals surface area contributed by atoms with Gasteiger partial charge in [-0.05, 0) is 64.1 Å². The van der Waals surface area contributed by atoms with Gasteiger partial charge < -0.3 is 29.4 Å². The second kappa shape index (κ2) is 10.6. The Morgan fingerprint density at radius 2 is 2.00 bits per heavy atom. The summed E-state index contributed by atoms with van der Waals surface area (Å²) in [6.45, 7) is 11.9. The maximum Gasteiger partial charge on any atom is 0.254 e. The first-order valence-corrected chi connectivity index (χ1v) is 13.4. The number of rotatable bonds is 6. The van der Waals surface area contributed by atoms with Gasteiger partial charge in [-0.1, -0.05) is 12.6 Å². The van der Waals surface area contributed by atoms with Crippen LogP contribution in [0.3, 0.4) is 0 Å². The first kappa shape index (κ1) is 26.0. The van der Waals surface area contributed by atoms with Crippen LogP contribution in [-0.2, 0) is 17.9 Å². The molecule has 1 aromatic heterocycles. The smallest absolute Gasteiger partial charge is 0.254 e. The number of pyridine rings is 1. The van der Waals surface area contributed by atoms with Gasteiger partial charge in [0.15, 0.2) is 0 Å². The number of piperazine rings is 1. The number of carbonyl (C=O) groups excluding carboxylic acids is 2. The number of nitrogens with zero attached hydrogens (tertiary/aromatic N) is 5. The van der Waals surface area contributed by atoms with E-state index in [-0.39, 0.29) is 23.6 Å². The van der Waals surface area contributed by atoms with E-state index in [1.54, 1.807) is 17.0 Å². The normalized spacial score (nSPS) is 21.5. The van der Waals surface area contributed by atoms with Gasteiger partial charge in [-0.15, -0.1) is 0 Å². The highest BCUT2D eigenvalue weighted by Crippen LogP contribution is 2.36. The lowest BCUT2D eigenvalue weighted by Gasteiger charge is -2.41. The number of phenolic OH excluding ortho intramolecular Hbond substituents is 1. The summed E-state index contributed by atoms with van der Waals surface area (Å²) < 4.78 is 6.25. The van der Waals surface area contributed by atoms with Gasteiger partial charge >= 0.3 is 0 Å². The van der Waals surface area contributed by atoms with Crippen LogP contribution in [0.15, 0.2) is 36.9 Å². The van der Waals surface area contributed by atoms with Crippen LogP contribution in [0.25, 0.3) is 0 Å². The molecular weight excluding hydrogens is 482 g/mol. The topological polar surface area (TPSA) is 89.5 Å². The zero-order valence-corrected chi connectivity index (χ0v) is 22.5. The Balaban J connectivity index is 1.43. The fraction of sp³-hybridized carbons (Fsp3) is 0.483. The Morgan fingerprint density at radius 1 is 1.18 bits per heavy atom. The number of likely N-dealkylation sites (tertiary alicyclic amines) is 1. The molecule has 2 amide bonds. The monoisotopic (exact) mass is 519 g/mol. The summed E-state index contributed by atoms with van der Waals surface area (Å²) in [7, 11) is 2.13. The molecule has 2 fully saturated rings. The number of anilines is 1. The number of fused-ring (bicyclic) bond motifs is 1. The first-order valence-electron chi connectivity index (χ1n) is 13.4. The molecule has 38 heavy (non-hydrogen) atoms. The molecule has 2 atom stereocenters. The van der Waals surface area contributed by atoms with Crippen molar-refractivity contribution in [1.82, 2.24) is 19.7 Å². The van der Waals surface area contributed by atoms with Crippen molar-refractivity contribution in [1.29, 1.82) is 0 Å². The van der Waals surface area contributed by atoms with E-state index in [0.717, 1.165) is 35.5 Å². The fourth-order valence-electron chi connectivity index (χ4n) is 5.82. The Morgan fingerprint density at radius 3 is 2.71 bits per heavy atom. The maximum absolute atomic E-state index is 13.5. The lowest BCUT2D eigenvalue weighted by Crippen LogP contribution is -2.53. The molecule has 202 valence electrons. The van der Waals surface area contributed by atoms with Crippen LogP contribution in [0, 0.1) is 6.92 Å². The molecule has 0 radical (unpaired) electrons. The lowest BCUT2D eigenvalue weighted by molar-refractivity contribution is -0.126. The molecule has 3 aliphatic heterocycles. The second-order valence-corrected chi connectivity index (χ2v) is 10.7. The van der Waals surface area contributed by atoms with Gasteiger partial charge in [0.1, 0.15) is 12.4 Å². The van der Waals surface area contributed by atoms with Crippen LogP contribution < -0.4 is 9.64 Å². The van der Waals surface area contributed by atoms with Gasteiger partial charge in [0.2, 0.25) is 11.8 Å². The van der Waals surface area contributed by atoms with Crippen LogP contribution in [-0.4, -0.2) is 88.5 Å². The molecule has 9 heteroatoms. The van der Waals surface area contributed by atoms with Crippen molar-refractivity contribution in [3.63, 3.8) is 0 Å². The minimum atomic E-state index is -0.133. The van der Waals surface area contributed by atoms with Crippen LogP contribution in [0.5, 0.6) is 11.6 Å².